The number of methoxy groups -OCH3 is 1. The number of carbonyl (C=O) groups is 1. The van der Waals surface area contributed by atoms with Gasteiger partial charge in [-0.1, -0.05) is 5.57 Å². The van der Waals surface area contributed by atoms with E-state index in [9.17, 15) is 4.79 Å². The standard InChI is InChI=1S/C13H16O4/c1-9(2)6-7-17-12-8-10(16-3)4-5-11(12)13(14)15/h4-5,8H,1,6-7H2,2-3H3,(H,14,15). The number of carboxylic acid groups (broad SMARTS) is 1. The van der Waals surface area contributed by atoms with Gasteiger partial charge in [-0.2, -0.15) is 0 Å². The number of hydrogen-bond acceptors (Lipinski definition) is 3. The van der Waals surface area contributed by atoms with Crippen LogP contribution >= 0.6 is 0 Å². The molecule has 0 bridgehead atoms. The first-order valence-corrected chi connectivity index (χ1v) is 5.23. The average Bonchev–Trinajstić information content (AvgIpc) is 2.28. The third-order valence-corrected chi connectivity index (χ3v) is 2.21. The van der Waals surface area contributed by atoms with E-state index in [0.29, 0.717) is 24.5 Å². The van der Waals surface area contributed by atoms with E-state index in [1.807, 2.05) is 6.92 Å². The summed E-state index contributed by atoms with van der Waals surface area (Å²) in [5.41, 5.74) is 1.12. The van der Waals surface area contributed by atoms with Gasteiger partial charge in [-0.05, 0) is 19.1 Å². The summed E-state index contributed by atoms with van der Waals surface area (Å²) in [6, 6.07) is 4.63. The molecule has 17 heavy (non-hydrogen) atoms. The van der Waals surface area contributed by atoms with Crippen molar-refractivity contribution in [2.45, 2.75) is 13.3 Å². The Morgan fingerprint density at radius 3 is 2.71 bits per heavy atom. The van der Waals surface area contributed by atoms with Crippen molar-refractivity contribution in [3.63, 3.8) is 0 Å². The maximum Gasteiger partial charge on any atom is 0.339 e. The number of carboxylic acids is 1. The molecule has 0 aromatic heterocycles. The fourth-order valence-electron chi connectivity index (χ4n) is 1.26. The zero-order chi connectivity index (χ0) is 12.8. The lowest BCUT2D eigenvalue weighted by atomic mass is 10.2. The van der Waals surface area contributed by atoms with Crippen molar-refractivity contribution in [1.29, 1.82) is 0 Å². The second-order valence-electron chi connectivity index (χ2n) is 3.72. The molecule has 0 spiro atoms. The third kappa shape index (κ3) is 3.83. The van der Waals surface area contributed by atoms with Gasteiger partial charge in [-0.15, -0.1) is 6.58 Å². The minimum absolute atomic E-state index is 0.132. The van der Waals surface area contributed by atoms with Crippen molar-refractivity contribution < 1.29 is 19.4 Å². The number of ether oxygens (including phenoxy) is 2. The van der Waals surface area contributed by atoms with E-state index < -0.39 is 5.97 Å². The summed E-state index contributed by atoms with van der Waals surface area (Å²) in [6.45, 7) is 6.06. The van der Waals surface area contributed by atoms with E-state index in [2.05, 4.69) is 6.58 Å². The average molecular weight is 236 g/mol. The van der Waals surface area contributed by atoms with Crippen molar-refractivity contribution in [1.82, 2.24) is 0 Å². The molecule has 92 valence electrons. The van der Waals surface area contributed by atoms with Gasteiger partial charge in [0.05, 0.1) is 13.7 Å². The van der Waals surface area contributed by atoms with Crippen LogP contribution in [0.2, 0.25) is 0 Å². The van der Waals surface area contributed by atoms with Crippen LogP contribution in [0, 0.1) is 0 Å². The number of hydrogen-bond donors (Lipinski definition) is 1. The molecule has 0 aliphatic carbocycles. The maximum atomic E-state index is 11.0. The topological polar surface area (TPSA) is 55.8 Å². The van der Waals surface area contributed by atoms with Crippen molar-refractivity contribution in [2.75, 3.05) is 13.7 Å². The molecule has 4 heteroatoms. The highest BCUT2D eigenvalue weighted by Crippen LogP contribution is 2.25. The summed E-state index contributed by atoms with van der Waals surface area (Å²) in [6.07, 6.45) is 0.691. The van der Waals surface area contributed by atoms with Crippen LogP contribution in [0.15, 0.2) is 30.4 Å². The van der Waals surface area contributed by atoms with Crippen molar-refractivity contribution in [3.8, 4) is 11.5 Å². The van der Waals surface area contributed by atoms with E-state index >= 15 is 0 Å². The monoisotopic (exact) mass is 236 g/mol. The van der Waals surface area contributed by atoms with Gasteiger partial charge in [0.2, 0.25) is 0 Å². The molecular formula is C13H16O4. The van der Waals surface area contributed by atoms with E-state index in [1.54, 1.807) is 12.1 Å². The summed E-state index contributed by atoms with van der Waals surface area (Å²) in [5.74, 6) is -0.128. The van der Waals surface area contributed by atoms with Crippen LogP contribution in [-0.4, -0.2) is 24.8 Å². The zero-order valence-electron chi connectivity index (χ0n) is 10.0. The molecule has 0 fully saturated rings. The van der Waals surface area contributed by atoms with Gasteiger partial charge in [-0.3, -0.25) is 0 Å². The van der Waals surface area contributed by atoms with Crippen LogP contribution in [-0.2, 0) is 0 Å². The first-order chi connectivity index (χ1) is 8.04. The molecule has 0 saturated carbocycles. The quantitative estimate of drug-likeness (QED) is 0.771. The molecular weight excluding hydrogens is 220 g/mol. The van der Waals surface area contributed by atoms with Gasteiger partial charge < -0.3 is 14.6 Å². The smallest absolute Gasteiger partial charge is 0.339 e. The fourth-order valence-corrected chi connectivity index (χ4v) is 1.26. The lowest BCUT2D eigenvalue weighted by Gasteiger charge is -2.10. The van der Waals surface area contributed by atoms with E-state index in [4.69, 9.17) is 14.6 Å². The Kier molecular flexibility index (Phi) is 4.57. The van der Waals surface area contributed by atoms with Gasteiger partial charge >= 0.3 is 5.97 Å². The third-order valence-electron chi connectivity index (χ3n) is 2.21. The summed E-state index contributed by atoms with van der Waals surface area (Å²) < 4.78 is 10.5. The van der Waals surface area contributed by atoms with E-state index in [-0.39, 0.29) is 5.56 Å². The zero-order valence-corrected chi connectivity index (χ0v) is 10.0. The molecule has 0 amide bonds. The highest BCUT2D eigenvalue weighted by molar-refractivity contribution is 5.91. The Morgan fingerprint density at radius 1 is 1.47 bits per heavy atom. The van der Waals surface area contributed by atoms with Crippen molar-refractivity contribution in [3.05, 3.63) is 35.9 Å². The van der Waals surface area contributed by atoms with E-state index in [0.717, 1.165) is 5.57 Å². The maximum absolute atomic E-state index is 11.0. The molecule has 1 rings (SSSR count). The number of rotatable bonds is 6. The summed E-state index contributed by atoms with van der Waals surface area (Å²) >= 11 is 0. The Labute approximate surface area is 100 Å². The largest absolute Gasteiger partial charge is 0.497 e. The number of benzene rings is 1. The van der Waals surface area contributed by atoms with Crippen LogP contribution in [0.3, 0.4) is 0 Å². The molecule has 1 aromatic rings. The highest BCUT2D eigenvalue weighted by Gasteiger charge is 2.12. The Hall–Kier alpha value is -1.97. The normalized spacial score (nSPS) is 9.76. The van der Waals surface area contributed by atoms with E-state index in [1.165, 1.54) is 13.2 Å². The summed E-state index contributed by atoms with van der Waals surface area (Å²) in [5, 5.41) is 9.00. The van der Waals surface area contributed by atoms with Gasteiger partial charge in [0, 0.05) is 12.5 Å². The molecule has 1 N–H and O–H groups in total. The molecule has 0 aliphatic heterocycles. The molecule has 0 saturated heterocycles. The molecule has 0 heterocycles. The highest BCUT2D eigenvalue weighted by atomic mass is 16.5. The Bertz CT molecular complexity index is 423. The van der Waals surface area contributed by atoms with Gasteiger partial charge in [0.1, 0.15) is 17.1 Å². The van der Waals surface area contributed by atoms with Crippen LogP contribution in [0.1, 0.15) is 23.7 Å². The molecule has 0 radical (unpaired) electrons. The van der Waals surface area contributed by atoms with Crippen LogP contribution in [0.25, 0.3) is 0 Å². The van der Waals surface area contributed by atoms with Crippen molar-refractivity contribution >= 4 is 5.97 Å². The van der Waals surface area contributed by atoms with Crippen molar-refractivity contribution in [2.24, 2.45) is 0 Å². The van der Waals surface area contributed by atoms with Gasteiger partial charge in [0.15, 0.2) is 0 Å². The summed E-state index contributed by atoms with van der Waals surface area (Å²) in [4.78, 5) is 11.0. The lowest BCUT2D eigenvalue weighted by Crippen LogP contribution is -2.05. The second-order valence-corrected chi connectivity index (χ2v) is 3.72. The molecule has 1 aromatic carbocycles. The van der Waals surface area contributed by atoms with Gasteiger partial charge in [0.25, 0.3) is 0 Å². The fraction of sp³-hybridized carbons (Fsp3) is 0.308. The predicted molar refractivity (Wildman–Crippen MR) is 64.9 cm³/mol. The van der Waals surface area contributed by atoms with Crippen LogP contribution in [0.5, 0.6) is 11.5 Å². The Morgan fingerprint density at radius 2 is 2.18 bits per heavy atom. The minimum Gasteiger partial charge on any atom is -0.497 e. The SMILES string of the molecule is C=C(C)CCOc1cc(OC)ccc1C(=O)O. The summed E-state index contributed by atoms with van der Waals surface area (Å²) in [7, 11) is 1.52. The molecule has 0 atom stereocenters. The van der Waals surface area contributed by atoms with Crippen LogP contribution < -0.4 is 9.47 Å². The first-order valence-electron chi connectivity index (χ1n) is 5.23. The van der Waals surface area contributed by atoms with Gasteiger partial charge in [-0.25, -0.2) is 4.79 Å². The molecule has 4 nitrogen and oxygen atoms in total. The lowest BCUT2D eigenvalue weighted by molar-refractivity contribution is 0.0692. The Balaban J connectivity index is 2.85. The first kappa shape index (κ1) is 13.1. The second kappa shape index (κ2) is 5.94. The predicted octanol–water partition coefficient (Wildman–Crippen LogP) is 2.74. The van der Waals surface area contributed by atoms with Crippen LogP contribution in [0.4, 0.5) is 0 Å². The molecule has 0 aliphatic rings. The molecule has 0 unspecified atom stereocenters. The number of aromatic carboxylic acids is 1. The minimum atomic E-state index is -1.02.